The van der Waals surface area contributed by atoms with Gasteiger partial charge >= 0.3 is 6.09 Å². The van der Waals surface area contributed by atoms with Crippen molar-refractivity contribution in [1.82, 2.24) is 25.4 Å². The number of carbonyl (C=O) groups excluding carboxylic acids is 7. The van der Waals surface area contributed by atoms with Crippen LogP contribution in [0.4, 0.5) is 15.6 Å². The first-order valence-corrected chi connectivity index (χ1v) is 21.0. The molecule has 0 spiro atoms. The second-order valence-electron chi connectivity index (χ2n) is 15.6. The van der Waals surface area contributed by atoms with E-state index in [9.17, 15) is 33.6 Å². The summed E-state index contributed by atoms with van der Waals surface area (Å²) in [5.74, 6) is -2.71. The van der Waals surface area contributed by atoms with Crippen molar-refractivity contribution >= 4 is 63.7 Å². The summed E-state index contributed by atoms with van der Waals surface area (Å²) >= 11 is 1.33. The van der Waals surface area contributed by atoms with Crippen molar-refractivity contribution in [2.24, 2.45) is 0 Å². The summed E-state index contributed by atoms with van der Waals surface area (Å²) in [5.41, 5.74) is 2.25. The lowest BCUT2D eigenvalue weighted by Crippen LogP contribution is -2.54. The number of amides is 7. The number of hydrogen-bond acceptors (Lipinski definition) is 13. The Morgan fingerprint density at radius 1 is 0.833 bits per heavy atom. The molecule has 0 aliphatic carbocycles. The highest BCUT2D eigenvalue weighted by Crippen LogP contribution is 2.31. The summed E-state index contributed by atoms with van der Waals surface area (Å²) in [4.78, 5) is 95.7. The number of hydrogen-bond donors (Lipinski definition) is 4. The number of piperidine rings is 1. The number of imide groups is 2. The van der Waals surface area contributed by atoms with Gasteiger partial charge in [0, 0.05) is 80.6 Å². The maximum atomic E-state index is 13.0. The first-order valence-electron chi connectivity index (χ1n) is 20.2. The Kier molecular flexibility index (Phi) is 14.6. The van der Waals surface area contributed by atoms with E-state index in [1.807, 2.05) is 20.8 Å². The van der Waals surface area contributed by atoms with E-state index < -0.39 is 35.3 Å². The van der Waals surface area contributed by atoms with Gasteiger partial charge in [-0.15, -0.1) is 0 Å². The molecule has 1 saturated heterocycles. The molecule has 17 nitrogen and oxygen atoms in total. The minimum absolute atomic E-state index is 0.0705. The van der Waals surface area contributed by atoms with Gasteiger partial charge in [-0.3, -0.25) is 44.3 Å². The fourth-order valence-corrected chi connectivity index (χ4v) is 7.77. The molecule has 4 N–H and O–H groups in total. The van der Waals surface area contributed by atoms with Gasteiger partial charge < -0.3 is 29.7 Å². The van der Waals surface area contributed by atoms with Crippen molar-refractivity contribution < 1.29 is 47.8 Å². The SMILES string of the molecule is CC(C)(C)OC(=O)N1CCc2nc(NC(=O)c3ccc(C(=O)NCCCOCCCCOCCCNc4ccc5c(c4)C(=O)N(C4CCC(=O)NC4=O)C5=O)cc3)sc2C1. The standard InChI is InChI=1S/C42H51N7O10S/c1-42(2,3)59-41(56)48-19-16-31-33(25-48)60-40(45-31)47-36(52)27-10-8-26(9-11-27)35(51)44-18-7-23-58-21-5-4-20-57-22-6-17-43-28-12-13-29-30(24-28)39(55)49(38(29)54)32-14-15-34(50)46-37(32)53/h8-13,24,32,43H,4-7,14-23,25H2,1-3H3,(H,44,51)(H,45,47,52)(H,46,50,53). The molecule has 1 aromatic heterocycles. The maximum absolute atomic E-state index is 13.0. The Balaban J connectivity index is 0.774. The van der Waals surface area contributed by atoms with Crippen LogP contribution in [0, 0.1) is 0 Å². The number of nitrogens with zero attached hydrogens (tertiary/aromatic N) is 3. The van der Waals surface area contributed by atoms with Crippen molar-refractivity contribution in [3.8, 4) is 0 Å². The third-order valence-electron chi connectivity index (χ3n) is 9.83. The summed E-state index contributed by atoms with van der Waals surface area (Å²) in [6.07, 6.45) is 3.43. The fraction of sp³-hybridized carbons (Fsp3) is 0.476. The zero-order chi connectivity index (χ0) is 42.8. The van der Waals surface area contributed by atoms with Crippen LogP contribution in [0.5, 0.6) is 0 Å². The zero-order valence-corrected chi connectivity index (χ0v) is 34.9. The number of anilines is 2. The molecule has 7 amide bonds. The largest absolute Gasteiger partial charge is 0.444 e. The average molecular weight is 846 g/mol. The third-order valence-corrected chi connectivity index (χ3v) is 10.8. The molecule has 320 valence electrons. The number of fused-ring (bicyclic) bond motifs is 2. The van der Waals surface area contributed by atoms with Crippen LogP contribution in [0.25, 0.3) is 0 Å². The van der Waals surface area contributed by atoms with Gasteiger partial charge in [0.05, 0.1) is 23.4 Å². The number of nitrogens with one attached hydrogen (secondary N) is 4. The van der Waals surface area contributed by atoms with Crippen LogP contribution in [-0.4, -0.2) is 114 Å². The van der Waals surface area contributed by atoms with Crippen molar-refractivity contribution in [3.63, 3.8) is 0 Å². The van der Waals surface area contributed by atoms with E-state index >= 15 is 0 Å². The first kappa shape index (κ1) is 43.8. The molecule has 3 aliphatic rings. The summed E-state index contributed by atoms with van der Waals surface area (Å²) < 4.78 is 16.9. The lowest BCUT2D eigenvalue weighted by atomic mass is 10.0. The summed E-state index contributed by atoms with van der Waals surface area (Å²) in [7, 11) is 0. The molecule has 18 heteroatoms. The van der Waals surface area contributed by atoms with E-state index in [4.69, 9.17) is 14.2 Å². The monoisotopic (exact) mass is 845 g/mol. The van der Waals surface area contributed by atoms with E-state index in [1.165, 1.54) is 11.3 Å². The fourth-order valence-electron chi connectivity index (χ4n) is 6.75. The van der Waals surface area contributed by atoms with Crippen LogP contribution in [0.15, 0.2) is 42.5 Å². The van der Waals surface area contributed by atoms with Crippen LogP contribution >= 0.6 is 11.3 Å². The highest BCUT2D eigenvalue weighted by molar-refractivity contribution is 7.15. The number of ether oxygens (including phenoxy) is 3. The van der Waals surface area contributed by atoms with Crippen LogP contribution in [0.1, 0.15) is 111 Å². The maximum Gasteiger partial charge on any atom is 0.410 e. The summed E-state index contributed by atoms with van der Waals surface area (Å²) in [5, 5.41) is 11.6. The topological polar surface area (TPSA) is 215 Å². The van der Waals surface area contributed by atoms with Crippen LogP contribution in [0.3, 0.4) is 0 Å². The Labute approximate surface area is 351 Å². The third kappa shape index (κ3) is 11.5. The van der Waals surface area contributed by atoms with Crippen molar-refractivity contribution in [3.05, 3.63) is 75.3 Å². The van der Waals surface area contributed by atoms with Gasteiger partial charge in [-0.05, 0) is 95.3 Å². The van der Waals surface area contributed by atoms with Gasteiger partial charge in [-0.1, -0.05) is 11.3 Å². The molecule has 0 radical (unpaired) electrons. The van der Waals surface area contributed by atoms with Gasteiger partial charge in [0.15, 0.2) is 5.13 Å². The van der Waals surface area contributed by atoms with Gasteiger partial charge in [-0.25, -0.2) is 9.78 Å². The molecule has 60 heavy (non-hydrogen) atoms. The minimum atomic E-state index is -0.995. The molecular weight excluding hydrogens is 795 g/mol. The summed E-state index contributed by atoms with van der Waals surface area (Å²) in [6.45, 7) is 9.61. The molecular formula is C42H51N7O10S. The number of rotatable bonds is 18. The molecule has 0 bridgehead atoms. The van der Waals surface area contributed by atoms with Crippen LogP contribution in [-0.2, 0) is 36.8 Å². The summed E-state index contributed by atoms with van der Waals surface area (Å²) in [6, 6.07) is 10.3. The molecule has 1 atom stereocenters. The van der Waals surface area contributed by atoms with Crippen LogP contribution in [0.2, 0.25) is 0 Å². The van der Waals surface area contributed by atoms with Gasteiger partial charge in [0.1, 0.15) is 11.6 Å². The highest BCUT2D eigenvalue weighted by atomic mass is 32.1. The normalized spacial score (nSPS) is 16.3. The Hall–Kier alpha value is -5.72. The van der Waals surface area contributed by atoms with Crippen molar-refractivity contribution in [2.45, 2.75) is 83.9 Å². The lowest BCUT2D eigenvalue weighted by molar-refractivity contribution is -0.136. The van der Waals surface area contributed by atoms with Crippen molar-refractivity contribution in [1.29, 1.82) is 0 Å². The second kappa shape index (κ2) is 20.0. The molecule has 1 fully saturated rings. The molecule has 6 rings (SSSR count). The zero-order valence-electron chi connectivity index (χ0n) is 34.1. The van der Waals surface area contributed by atoms with E-state index in [0.717, 1.165) is 34.7 Å². The van der Waals surface area contributed by atoms with Gasteiger partial charge in [0.2, 0.25) is 11.8 Å². The average Bonchev–Trinajstić information content (AvgIpc) is 3.73. The Bertz CT molecular complexity index is 2100. The van der Waals surface area contributed by atoms with E-state index in [2.05, 4.69) is 26.3 Å². The molecule has 2 aromatic carbocycles. The van der Waals surface area contributed by atoms with E-state index in [0.29, 0.717) is 87.4 Å². The smallest absolute Gasteiger partial charge is 0.410 e. The van der Waals surface area contributed by atoms with Gasteiger partial charge in [-0.2, -0.15) is 0 Å². The predicted octanol–water partition coefficient (Wildman–Crippen LogP) is 4.53. The van der Waals surface area contributed by atoms with Crippen molar-refractivity contribution in [2.75, 3.05) is 56.7 Å². The van der Waals surface area contributed by atoms with E-state index in [1.54, 1.807) is 47.4 Å². The first-order chi connectivity index (χ1) is 28.8. The number of carbonyl (C=O) groups is 7. The van der Waals surface area contributed by atoms with Crippen LogP contribution < -0.4 is 21.3 Å². The molecule has 3 aliphatic heterocycles. The lowest BCUT2D eigenvalue weighted by Gasteiger charge is -2.29. The molecule has 1 unspecified atom stereocenters. The molecule has 4 heterocycles. The number of benzene rings is 2. The number of aromatic nitrogens is 1. The minimum Gasteiger partial charge on any atom is -0.444 e. The Morgan fingerprint density at radius 2 is 1.48 bits per heavy atom. The number of thiazole rings is 1. The number of unbranched alkanes of at least 4 members (excludes halogenated alkanes) is 1. The highest BCUT2D eigenvalue weighted by Gasteiger charge is 2.44. The molecule has 3 aromatic rings. The van der Waals surface area contributed by atoms with E-state index in [-0.39, 0.29) is 41.9 Å². The predicted molar refractivity (Wildman–Crippen MR) is 221 cm³/mol. The Morgan fingerprint density at radius 3 is 2.17 bits per heavy atom. The molecule has 0 saturated carbocycles. The second-order valence-corrected chi connectivity index (χ2v) is 16.7. The van der Waals surface area contributed by atoms with Gasteiger partial charge in [0.25, 0.3) is 23.6 Å². The quantitative estimate of drug-likeness (QED) is 0.103.